The number of hydrogen-bond donors (Lipinski definition) is 1. The van der Waals surface area contributed by atoms with E-state index in [-0.39, 0.29) is 11.6 Å². The van der Waals surface area contributed by atoms with Crippen molar-refractivity contribution in [1.29, 1.82) is 0 Å². The van der Waals surface area contributed by atoms with E-state index in [1.165, 1.54) is 19.1 Å². The number of nitrogens with two attached hydrogens (primary N) is 1. The van der Waals surface area contributed by atoms with Gasteiger partial charge in [-0.25, -0.2) is 0 Å². The van der Waals surface area contributed by atoms with Crippen LogP contribution in [0.15, 0.2) is 24.3 Å². The molecule has 1 heterocycles. The average molecular weight is 401 g/mol. The number of amides is 1. The van der Waals surface area contributed by atoms with Crippen molar-refractivity contribution in [2.45, 2.75) is 30.6 Å². The van der Waals surface area contributed by atoms with Crippen LogP contribution in [0.1, 0.15) is 6.92 Å². The second-order valence-electron chi connectivity index (χ2n) is 5.36. The molecule has 1 amide bonds. The summed E-state index contributed by atoms with van der Waals surface area (Å²) >= 11 is 11.5. The summed E-state index contributed by atoms with van der Waals surface area (Å²) in [6.45, 7) is 1.31. The van der Waals surface area contributed by atoms with Gasteiger partial charge < -0.3 is 9.47 Å². The first-order chi connectivity index (χ1) is 11.5. The van der Waals surface area contributed by atoms with E-state index in [4.69, 9.17) is 33.7 Å². The molecule has 0 bridgehead atoms. The molecular formula is C14H13Cl2F3N2O4. The summed E-state index contributed by atoms with van der Waals surface area (Å²) in [4.78, 5) is 24.0. The van der Waals surface area contributed by atoms with Gasteiger partial charge in [0, 0.05) is 11.9 Å². The predicted molar refractivity (Wildman–Crippen MR) is 83.4 cm³/mol. The maximum absolute atomic E-state index is 12.5. The van der Waals surface area contributed by atoms with Crippen molar-refractivity contribution in [1.82, 2.24) is 0 Å². The molecule has 1 aliphatic heterocycles. The van der Waals surface area contributed by atoms with Crippen molar-refractivity contribution in [3.8, 4) is 5.75 Å². The van der Waals surface area contributed by atoms with Gasteiger partial charge in [-0.05, 0) is 19.1 Å². The summed E-state index contributed by atoms with van der Waals surface area (Å²) < 4.78 is 45.9. The van der Waals surface area contributed by atoms with Crippen LogP contribution in [-0.4, -0.2) is 41.3 Å². The maximum atomic E-state index is 12.5. The lowest BCUT2D eigenvalue weighted by atomic mass is 10.0. The molecular weight excluding hydrogens is 388 g/mol. The molecule has 1 aliphatic rings. The molecule has 0 radical (unpaired) electrons. The standard InChI is InChI=1S/C14H13Cl2F3N2O4/c1-13(16,6-15)10(22)9-11(23)21(12(20)24-9)7-3-2-4-8(5-7)25-14(17,18)19/h2-5,9,12H,6,20H2,1H3. The normalized spacial score (nSPS) is 23.5. The third kappa shape index (κ3) is 4.35. The molecule has 138 valence electrons. The Bertz CT molecular complexity index is 684. The number of ether oxygens (including phenoxy) is 2. The average Bonchev–Trinajstić information content (AvgIpc) is 2.79. The quantitative estimate of drug-likeness (QED) is 0.605. The third-order valence-corrected chi connectivity index (χ3v) is 4.32. The van der Waals surface area contributed by atoms with Crippen LogP contribution in [0, 0.1) is 0 Å². The number of ketones is 1. The molecule has 1 aromatic carbocycles. The van der Waals surface area contributed by atoms with E-state index < -0.39 is 41.1 Å². The third-order valence-electron chi connectivity index (χ3n) is 3.32. The minimum atomic E-state index is -4.90. The number of carbonyl (C=O) groups is 2. The summed E-state index contributed by atoms with van der Waals surface area (Å²) in [5.74, 6) is -2.49. The smallest absolute Gasteiger partial charge is 0.406 e. The molecule has 1 saturated heterocycles. The van der Waals surface area contributed by atoms with Crippen molar-refractivity contribution in [2.24, 2.45) is 5.73 Å². The van der Waals surface area contributed by atoms with Crippen molar-refractivity contribution in [2.75, 3.05) is 10.8 Å². The summed E-state index contributed by atoms with van der Waals surface area (Å²) in [5.41, 5.74) is 5.65. The highest BCUT2D eigenvalue weighted by Crippen LogP contribution is 2.32. The number of Topliss-reactive ketones (excluding diaryl/α,β-unsaturated/α-hetero) is 1. The van der Waals surface area contributed by atoms with Crippen molar-refractivity contribution in [3.05, 3.63) is 24.3 Å². The van der Waals surface area contributed by atoms with Gasteiger partial charge in [-0.2, -0.15) is 0 Å². The topological polar surface area (TPSA) is 81.9 Å². The Hall–Kier alpha value is -1.55. The largest absolute Gasteiger partial charge is 0.573 e. The fourth-order valence-corrected chi connectivity index (χ4v) is 2.36. The molecule has 3 unspecified atom stereocenters. The van der Waals surface area contributed by atoms with Gasteiger partial charge in [-0.1, -0.05) is 6.07 Å². The molecule has 0 aliphatic carbocycles. The van der Waals surface area contributed by atoms with Crippen molar-refractivity contribution >= 4 is 40.6 Å². The first-order valence-corrected chi connectivity index (χ1v) is 7.76. The number of halogens is 5. The molecule has 2 rings (SSSR count). The van der Waals surface area contributed by atoms with E-state index in [1.807, 2.05) is 0 Å². The van der Waals surface area contributed by atoms with Crippen LogP contribution in [-0.2, 0) is 14.3 Å². The van der Waals surface area contributed by atoms with E-state index in [0.717, 1.165) is 17.0 Å². The van der Waals surface area contributed by atoms with Crippen molar-refractivity contribution in [3.63, 3.8) is 0 Å². The summed E-state index contributed by atoms with van der Waals surface area (Å²) in [7, 11) is 0. The zero-order valence-electron chi connectivity index (χ0n) is 12.7. The number of anilines is 1. The van der Waals surface area contributed by atoms with Crippen LogP contribution in [0.3, 0.4) is 0 Å². The van der Waals surface area contributed by atoms with Gasteiger partial charge in [-0.15, -0.1) is 36.4 Å². The highest BCUT2D eigenvalue weighted by atomic mass is 35.5. The summed E-state index contributed by atoms with van der Waals surface area (Å²) in [5, 5.41) is 0. The Balaban J connectivity index is 2.27. The number of nitrogens with zero attached hydrogens (tertiary/aromatic N) is 1. The van der Waals surface area contributed by atoms with Crippen LogP contribution >= 0.6 is 23.2 Å². The van der Waals surface area contributed by atoms with Crippen LogP contribution in [0.2, 0.25) is 0 Å². The SMILES string of the molecule is CC(Cl)(CCl)C(=O)C1OC(N)N(c2cccc(OC(F)(F)F)c2)C1=O. The molecule has 1 aromatic rings. The van der Waals surface area contributed by atoms with Gasteiger partial charge in [0.1, 0.15) is 10.6 Å². The minimum Gasteiger partial charge on any atom is -0.406 e. The van der Waals surface area contributed by atoms with Gasteiger partial charge in [0.05, 0.1) is 5.69 Å². The number of benzene rings is 1. The number of hydrogen-bond acceptors (Lipinski definition) is 5. The van der Waals surface area contributed by atoms with Crippen molar-refractivity contribution < 1.29 is 32.2 Å². The number of rotatable bonds is 5. The van der Waals surface area contributed by atoms with Gasteiger partial charge in [-0.3, -0.25) is 20.2 Å². The minimum absolute atomic E-state index is 0.0308. The van der Waals surface area contributed by atoms with E-state index in [9.17, 15) is 22.8 Å². The second-order valence-corrected chi connectivity index (χ2v) is 6.46. The molecule has 1 fully saturated rings. The fraction of sp³-hybridized carbons (Fsp3) is 0.429. The molecule has 2 N–H and O–H groups in total. The lowest BCUT2D eigenvalue weighted by Gasteiger charge is -2.20. The molecule has 0 aromatic heterocycles. The van der Waals surface area contributed by atoms with Gasteiger partial charge in [0.2, 0.25) is 6.10 Å². The predicted octanol–water partition coefficient (Wildman–Crippen LogP) is 2.36. The molecule has 6 nitrogen and oxygen atoms in total. The zero-order valence-corrected chi connectivity index (χ0v) is 14.2. The summed E-state index contributed by atoms with van der Waals surface area (Å²) in [6.07, 6.45) is -7.89. The zero-order chi connectivity index (χ0) is 19.0. The van der Waals surface area contributed by atoms with Crippen LogP contribution < -0.4 is 15.4 Å². The summed E-state index contributed by atoms with van der Waals surface area (Å²) in [6, 6.07) is 4.55. The first-order valence-electron chi connectivity index (χ1n) is 6.85. The Labute approximate surface area is 150 Å². The first kappa shape index (κ1) is 19.8. The lowest BCUT2D eigenvalue weighted by Crippen LogP contribution is -2.45. The second kappa shape index (κ2) is 6.99. The maximum Gasteiger partial charge on any atom is 0.573 e. The van der Waals surface area contributed by atoms with Gasteiger partial charge in [0.15, 0.2) is 12.1 Å². The Morgan fingerprint density at radius 3 is 2.64 bits per heavy atom. The van der Waals surface area contributed by atoms with Crippen LogP contribution in [0.5, 0.6) is 5.75 Å². The number of alkyl halides is 5. The molecule has 0 spiro atoms. The van der Waals surface area contributed by atoms with Gasteiger partial charge in [0.25, 0.3) is 5.91 Å². The Kier molecular flexibility index (Phi) is 5.53. The highest BCUT2D eigenvalue weighted by molar-refractivity contribution is 6.42. The lowest BCUT2D eigenvalue weighted by molar-refractivity contribution is -0.274. The molecule has 11 heteroatoms. The van der Waals surface area contributed by atoms with E-state index >= 15 is 0 Å². The Morgan fingerprint density at radius 1 is 1.44 bits per heavy atom. The Morgan fingerprint density at radius 2 is 2.08 bits per heavy atom. The molecule has 25 heavy (non-hydrogen) atoms. The fourth-order valence-electron chi connectivity index (χ4n) is 2.13. The highest BCUT2D eigenvalue weighted by Gasteiger charge is 2.49. The van der Waals surface area contributed by atoms with Crippen LogP contribution in [0.4, 0.5) is 18.9 Å². The van der Waals surface area contributed by atoms with Crippen LogP contribution in [0.25, 0.3) is 0 Å². The monoisotopic (exact) mass is 400 g/mol. The number of carbonyl (C=O) groups excluding carboxylic acids is 2. The molecule has 3 atom stereocenters. The van der Waals surface area contributed by atoms with E-state index in [1.54, 1.807) is 0 Å². The van der Waals surface area contributed by atoms with E-state index in [0.29, 0.717) is 0 Å². The molecule has 0 saturated carbocycles. The van der Waals surface area contributed by atoms with Gasteiger partial charge >= 0.3 is 6.36 Å². The van der Waals surface area contributed by atoms with E-state index in [2.05, 4.69) is 4.74 Å².